The van der Waals surface area contributed by atoms with E-state index in [9.17, 15) is 4.39 Å². The second-order valence-corrected chi connectivity index (χ2v) is 1.79. The monoisotopic (exact) mass is 135 g/mol. The first-order valence-corrected chi connectivity index (χ1v) is 2.85. The minimum Gasteiger partial charge on any atom is -0.244 e. The molecule has 1 aromatic rings. The Bertz CT molecular complexity index is 262. The van der Waals surface area contributed by atoms with Gasteiger partial charge in [0, 0.05) is 0 Å². The lowest BCUT2D eigenvalue weighted by Crippen LogP contribution is -1.87. The van der Waals surface area contributed by atoms with Gasteiger partial charge in [-0.2, -0.15) is 0 Å². The van der Waals surface area contributed by atoms with Gasteiger partial charge >= 0.3 is 0 Å². The van der Waals surface area contributed by atoms with Crippen molar-refractivity contribution in [3.63, 3.8) is 0 Å². The van der Waals surface area contributed by atoms with E-state index in [4.69, 9.17) is 6.42 Å². The van der Waals surface area contributed by atoms with Crippen molar-refractivity contribution >= 4 is 0 Å². The Hall–Kier alpha value is -1.36. The quantitative estimate of drug-likeness (QED) is 0.532. The molecular weight excluding hydrogens is 129 g/mol. The number of aromatic nitrogens is 1. The highest BCUT2D eigenvalue weighted by atomic mass is 19.1. The van der Waals surface area contributed by atoms with Crippen LogP contribution < -0.4 is 0 Å². The molecular formula is C8H6FN. The van der Waals surface area contributed by atoms with Crippen molar-refractivity contribution in [3.05, 3.63) is 29.6 Å². The summed E-state index contributed by atoms with van der Waals surface area (Å²) in [6.45, 7) is -0.560. The Morgan fingerprint density at radius 2 is 2.40 bits per heavy atom. The third-order valence-electron chi connectivity index (χ3n) is 1.09. The first kappa shape index (κ1) is 6.76. The molecule has 0 N–H and O–H groups in total. The van der Waals surface area contributed by atoms with Crippen molar-refractivity contribution in [3.8, 4) is 12.3 Å². The fourth-order valence-electron chi connectivity index (χ4n) is 0.634. The third-order valence-corrected chi connectivity index (χ3v) is 1.09. The summed E-state index contributed by atoms with van der Waals surface area (Å²) in [5.41, 5.74) is 0.866. The first-order valence-electron chi connectivity index (χ1n) is 2.85. The van der Waals surface area contributed by atoms with Crippen LogP contribution in [-0.4, -0.2) is 4.98 Å². The minimum atomic E-state index is -0.560. The second kappa shape index (κ2) is 2.98. The Kier molecular flexibility index (Phi) is 2.01. The lowest BCUT2D eigenvalue weighted by Gasteiger charge is -1.92. The van der Waals surface area contributed by atoms with Gasteiger partial charge in [-0.3, -0.25) is 0 Å². The van der Waals surface area contributed by atoms with Crippen LogP contribution in [0.1, 0.15) is 11.4 Å². The largest absolute Gasteiger partial charge is 0.244 e. The van der Waals surface area contributed by atoms with Crippen LogP contribution in [0.2, 0.25) is 0 Å². The van der Waals surface area contributed by atoms with Gasteiger partial charge < -0.3 is 0 Å². The zero-order valence-electron chi connectivity index (χ0n) is 5.34. The Labute approximate surface area is 58.9 Å². The van der Waals surface area contributed by atoms with Gasteiger partial charge in [0.1, 0.15) is 12.4 Å². The maximum Gasteiger partial charge on any atom is 0.131 e. The fraction of sp³-hybridized carbons (Fsp3) is 0.125. The normalized spacial score (nSPS) is 8.80. The summed E-state index contributed by atoms with van der Waals surface area (Å²) in [5.74, 6) is 2.32. The lowest BCUT2D eigenvalue weighted by molar-refractivity contribution is 0.476. The Morgan fingerprint density at radius 3 is 3.00 bits per heavy atom. The summed E-state index contributed by atoms with van der Waals surface area (Å²) in [6.07, 6.45) is 5.04. The lowest BCUT2D eigenvalue weighted by atomic mass is 10.3. The summed E-state index contributed by atoms with van der Waals surface area (Å²) >= 11 is 0. The zero-order valence-corrected chi connectivity index (χ0v) is 5.34. The van der Waals surface area contributed by atoms with Gasteiger partial charge in [0.05, 0.1) is 5.69 Å². The van der Waals surface area contributed by atoms with Crippen LogP contribution in [-0.2, 0) is 6.67 Å². The van der Waals surface area contributed by atoms with Gasteiger partial charge in [0.15, 0.2) is 0 Å². The Balaban J connectivity index is 3.01. The molecule has 2 heteroatoms. The molecule has 1 aromatic heterocycles. The van der Waals surface area contributed by atoms with Crippen LogP contribution in [0.5, 0.6) is 0 Å². The van der Waals surface area contributed by atoms with Crippen molar-refractivity contribution in [2.24, 2.45) is 0 Å². The average molecular weight is 135 g/mol. The van der Waals surface area contributed by atoms with E-state index in [1.165, 1.54) is 0 Å². The summed E-state index contributed by atoms with van der Waals surface area (Å²) in [5, 5.41) is 0. The fourth-order valence-corrected chi connectivity index (χ4v) is 0.634. The molecule has 1 rings (SSSR count). The summed E-state index contributed by atoms with van der Waals surface area (Å²) in [6, 6.07) is 4.96. The molecule has 0 unspecified atom stereocenters. The molecule has 0 aliphatic rings. The van der Waals surface area contributed by atoms with Crippen LogP contribution in [0.3, 0.4) is 0 Å². The number of hydrogen-bond donors (Lipinski definition) is 0. The maximum absolute atomic E-state index is 11.9. The van der Waals surface area contributed by atoms with Crippen molar-refractivity contribution in [1.29, 1.82) is 0 Å². The number of halogens is 1. The third kappa shape index (κ3) is 1.32. The van der Waals surface area contributed by atoms with Crippen LogP contribution in [0.25, 0.3) is 0 Å². The second-order valence-electron chi connectivity index (χ2n) is 1.79. The molecule has 50 valence electrons. The highest BCUT2D eigenvalue weighted by molar-refractivity contribution is 5.25. The number of nitrogens with zero attached hydrogens (tertiary/aromatic N) is 1. The van der Waals surface area contributed by atoms with Crippen LogP contribution in [0.4, 0.5) is 4.39 Å². The maximum atomic E-state index is 11.9. The molecule has 0 amide bonds. The SMILES string of the molecule is C#Cc1cccc(CF)n1. The van der Waals surface area contributed by atoms with E-state index >= 15 is 0 Å². The van der Waals surface area contributed by atoms with E-state index in [-0.39, 0.29) is 0 Å². The number of terminal acetylenes is 1. The number of pyridine rings is 1. The predicted octanol–water partition coefficient (Wildman–Crippen LogP) is 1.53. The number of hydrogen-bond acceptors (Lipinski definition) is 1. The standard InChI is InChI=1S/C8H6FN/c1-2-7-4-3-5-8(6-9)10-7/h1,3-5H,6H2. The smallest absolute Gasteiger partial charge is 0.131 e. The van der Waals surface area contributed by atoms with Crippen molar-refractivity contribution in [2.75, 3.05) is 0 Å². The van der Waals surface area contributed by atoms with Gasteiger partial charge in [-0.1, -0.05) is 12.0 Å². The van der Waals surface area contributed by atoms with Gasteiger partial charge in [-0.05, 0) is 12.1 Å². The summed E-state index contributed by atoms with van der Waals surface area (Å²) < 4.78 is 11.9. The predicted molar refractivity (Wildman–Crippen MR) is 37.0 cm³/mol. The van der Waals surface area contributed by atoms with Gasteiger partial charge in [-0.25, -0.2) is 9.37 Å². The van der Waals surface area contributed by atoms with Gasteiger partial charge in [0.25, 0.3) is 0 Å². The molecule has 1 heterocycles. The average Bonchev–Trinajstić information content (AvgIpc) is 2.05. The van der Waals surface area contributed by atoms with E-state index < -0.39 is 6.67 Å². The molecule has 1 nitrogen and oxygen atoms in total. The highest BCUT2D eigenvalue weighted by Crippen LogP contribution is 1.98. The molecule has 0 aromatic carbocycles. The molecule has 0 saturated carbocycles. The van der Waals surface area contributed by atoms with E-state index in [1.807, 2.05) is 0 Å². The van der Waals surface area contributed by atoms with Crippen molar-refractivity contribution in [1.82, 2.24) is 4.98 Å². The van der Waals surface area contributed by atoms with Crippen LogP contribution in [0, 0.1) is 12.3 Å². The summed E-state index contributed by atoms with van der Waals surface area (Å²) in [7, 11) is 0. The highest BCUT2D eigenvalue weighted by Gasteiger charge is 1.91. The van der Waals surface area contributed by atoms with E-state index in [0.29, 0.717) is 11.4 Å². The van der Waals surface area contributed by atoms with Gasteiger partial charge in [0.2, 0.25) is 0 Å². The molecule has 0 atom stereocenters. The topological polar surface area (TPSA) is 12.9 Å². The van der Waals surface area contributed by atoms with Gasteiger partial charge in [-0.15, -0.1) is 6.42 Å². The molecule has 0 radical (unpaired) electrons. The molecule has 0 spiro atoms. The van der Waals surface area contributed by atoms with E-state index in [0.717, 1.165) is 0 Å². The molecule has 0 aliphatic carbocycles. The zero-order chi connectivity index (χ0) is 7.40. The number of alkyl halides is 1. The molecule has 10 heavy (non-hydrogen) atoms. The molecule has 0 aliphatic heterocycles. The van der Waals surface area contributed by atoms with E-state index in [2.05, 4.69) is 10.9 Å². The van der Waals surface area contributed by atoms with Crippen LogP contribution >= 0.6 is 0 Å². The van der Waals surface area contributed by atoms with E-state index in [1.54, 1.807) is 18.2 Å². The van der Waals surface area contributed by atoms with Crippen molar-refractivity contribution in [2.45, 2.75) is 6.67 Å². The molecule has 0 bridgehead atoms. The Morgan fingerprint density at radius 1 is 1.60 bits per heavy atom. The molecule has 0 saturated heterocycles. The van der Waals surface area contributed by atoms with Crippen molar-refractivity contribution < 1.29 is 4.39 Å². The number of rotatable bonds is 1. The molecule has 0 fully saturated rings. The van der Waals surface area contributed by atoms with Crippen LogP contribution in [0.15, 0.2) is 18.2 Å². The first-order chi connectivity index (χ1) is 4.86. The summed E-state index contributed by atoms with van der Waals surface area (Å²) in [4.78, 5) is 3.80. The minimum absolute atomic E-state index is 0.385.